The van der Waals surface area contributed by atoms with Crippen molar-refractivity contribution in [3.8, 4) is 0 Å². The van der Waals surface area contributed by atoms with Gasteiger partial charge in [0.05, 0.1) is 6.42 Å². The smallest absolute Gasteiger partial charge is 0.392 e. The molecule has 1 aliphatic rings. The number of carbonyl (C=O) groups excluding carboxylic acids is 2. The maximum absolute atomic E-state index is 12.2. The van der Waals surface area contributed by atoms with Gasteiger partial charge >= 0.3 is 12.1 Å². The Labute approximate surface area is 112 Å². The third-order valence-corrected chi connectivity index (χ3v) is 2.87. The van der Waals surface area contributed by atoms with Crippen LogP contribution in [-0.2, 0) is 9.53 Å². The van der Waals surface area contributed by atoms with Crippen molar-refractivity contribution in [2.45, 2.75) is 31.2 Å². The Morgan fingerprint density at radius 3 is 2.55 bits per heavy atom. The molecule has 1 N–H and O–H groups in total. The van der Waals surface area contributed by atoms with Crippen LogP contribution in [0.15, 0.2) is 30.3 Å². The second-order valence-corrected chi connectivity index (χ2v) is 4.51. The van der Waals surface area contributed by atoms with E-state index in [0.717, 1.165) is 0 Å². The Hall–Kier alpha value is -2.05. The summed E-state index contributed by atoms with van der Waals surface area (Å²) in [7, 11) is 0. The average molecular weight is 287 g/mol. The zero-order valence-electron chi connectivity index (χ0n) is 10.3. The number of ether oxygens (including phenoxy) is 1. The number of nitrogens with one attached hydrogen (secondary N) is 1. The molecule has 0 spiro atoms. The number of halogens is 3. The Morgan fingerprint density at radius 1 is 1.30 bits per heavy atom. The summed E-state index contributed by atoms with van der Waals surface area (Å²) in [4.78, 5) is 23.2. The van der Waals surface area contributed by atoms with E-state index in [0.29, 0.717) is 5.56 Å². The van der Waals surface area contributed by atoms with Crippen LogP contribution in [0.2, 0.25) is 0 Å². The standard InChI is InChI=1S/C13H12F3NO3/c14-13(15,16)7-9-6-10(12(19)20-9)17-11(18)8-4-2-1-3-5-8/h1-5,9-10H,6-7H2,(H,17,18)/t9-,10?/m1/s1. The van der Waals surface area contributed by atoms with Crippen molar-refractivity contribution in [2.24, 2.45) is 0 Å². The van der Waals surface area contributed by atoms with Crippen molar-refractivity contribution in [3.63, 3.8) is 0 Å². The Balaban J connectivity index is 1.94. The minimum absolute atomic E-state index is 0.170. The molecule has 0 saturated carbocycles. The summed E-state index contributed by atoms with van der Waals surface area (Å²) in [5.74, 6) is -1.34. The third kappa shape index (κ3) is 3.72. The van der Waals surface area contributed by atoms with Gasteiger partial charge < -0.3 is 10.1 Å². The summed E-state index contributed by atoms with van der Waals surface area (Å²) in [5, 5.41) is 2.38. The summed E-state index contributed by atoms with van der Waals surface area (Å²) in [6.45, 7) is 0. The molecule has 1 aromatic carbocycles. The first-order valence-corrected chi connectivity index (χ1v) is 5.98. The molecule has 2 rings (SSSR count). The second kappa shape index (κ2) is 5.52. The van der Waals surface area contributed by atoms with Gasteiger partial charge in [-0.05, 0) is 12.1 Å². The summed E-state index contributed by atoms with van der Waals surface area (Å²) in [6.07, 6.45) is -7.00. The first-order chi connectivity index (χ1) is 9.35. The predicted octanol–water partition coefficient (Wildman–Crippen LogP) is 2.05. The first-order valence-electron chi connectivity index (χ1n) is 5.98. The van der Waals surface area contributed by atoms with Gasteiger partial charge in [-0.25, -0.2) is 4.79 Å². The maximum atomic E-state index is 12.2. The highest BCUT2D eigenvalue weighted by atomic mass is 19.4. The van der Waals surface area contributed by atoms with Crippen LogP contribution in [0.1, 0.15) is 23.2 Å². The molecule has 1 amide bonds. The van der Waals surface area contributed by atoms with Gasteiger partial charge in [0.25, 0.3) is 5.91 Å². The molecule has 108 valence electrons. The van der Waals surface area contributed by atoms with E-state index in [2.05, 4.69) is 10.1 Å². The molecular weight excluding hydrogens is 275 g/mol. The van der Waals surface area contributed by atoms with Gasteiger partial charge in [-0.15, -0.1) is 0 Å². The number of amides is 1. The lowest BCUT2D eigenvalue weighted by molar-refractivity contribution is -0.163. The lowest BCUT2D eigenvalue weighted by Gasteiger charge is -2.11. The van der Waals surface area contributed by atoms with Gasteiger partial charge in [0, 0.05) is 12.0 Å². The van der Waals surface area contributed by atoms with Gasteiger partial charge in [0.15, 0.2) is 0 Å². The van der Waals surface area contributed by atoms with Gasteiger partial charge in [0.1, 0.15) is 12.1 Å². The highest BCUT2D eigenvalue weighted by Crippen LogP contribution is 2.28. The highest BCUT2D eigenvalue weighted by Gasteiger charge is 2.42. The molecule has 4 nitrogen and oxygen atoms in total. The molecule has 1 unspecified atom stereocenters. The molecule has 1 fully saturated rings. The van der Waals surface area contributed by atoms with Crippen molar-refractivity contribution in [3.05, 3.63) is 35.9 Å². The Bertz CT molecular complexity index is 501. The van der Waals surface area contributed by atoms with E-state index in [9.17, 15) is 22.8 Å². The summed E-state index contributed by atoms with van der Waals surface area (Å²) < 4.78 is 41.2. The first kappa shape index (κ1) is 14.4. The lowest BCUT2D eigenvalue weighted by atomic mass is 10.1. The number of hydrogen-bond donors (Lipinski definition) is 1. The SMILES string of the molecule is O=C(NC1C[C@H](CC(F)(F)F)OC1=O)c1ccccc1. The van der Waals surface area contributed by atoms with Crippen LogP contribution in [0.4, 0.5) is 13.2 Å². The fourth-order valence-electron chi connectivity index (χ4n) is 1.99. The van der Waals surface area contributed by atoms with Gasteiger partial charge in [-0.3, -0.25) is 4.79 Å². The van der Waals surface area contributed by atoms with Crippen LogP contribution < -0.4 is 5.32 Å². The molecule has 0 radical (unpaired) electrons. The van der Waals surface area contributed by atoms with E-state index in [1.807, 2.05) is 0 Å². The Morgan fingerprint density at radius 2 is 1.95 bits per heavy atom. The van der Waals surface area contributed by atoms with E-state index in [1.54, 1.807) is 30.3 Å². The van der Waals surface area contributed by atoms with E-state index in [1.165, 1.54) is 0 Å². The van der Waals surface area contributed by atoms with Crippen LogP contribution in [0, 0.1) is 0 Å². The van der Waals surface area contributed by atoms with E-state index < -0.39 is 36.6 Å². The molecule has 0 aromatic heterocycles. The molecule has 0 bridgehead atoms. The van der Waals surface area contributed by atoms with Crippen LogP contribution in [0.25, 0.3) is 0 Å². The molecule has 20 heavy (non-hydrogen) atoms. The fraction of sp³-hybridized carbons (Fsp3) is 0.385. The number of esters is 1. The van der Waals surface area contributed by atoms with Crippen molar-refractivity contribution in [1.82, 2.24) is 5.32 Å². The normalized spacial score (nSPS) is 22.4. The third-order valence-electron chi connectivity index (χ3n) is 2.87. The number of hydrogen-bond acceptors (Lipinski definition) is 3. The number of alkyl halides is 3. The van der Waals surface area contributed by atoms with Crippen LogP contribution in [0.3, 0.4) is 0 Å². The van der Waals surface area contributed by atoms with Crippen molar-refractivity contribution in [1.29, 1.82) is 0 Å². The lowest BCUT2D eigenvalue weighted by Crippen LogP contribution is -2.38. The van der Waals surface area contributed by atoms with Crippen molar-refractivity contribution >= 4 is 11.9 Å². The molecule has 1 saturated heterocycles. The maximum Gasteiger partial charge on any atom is 0.392 e. The molecule has 2 atom stereocenters. The van der Waals surface area contributed by atoms with Gasteiger partial charge in [-0.2, -0.15) is 13.2 Å². The van der Waals surface area contributed by atoms with E-state index in [-0.39, 0.29) is 6.42 Å². The number of carbonyl (C=O) groups is 2. The monoisotopic (exact) mass is 287 g/mol. The molecule has 1 heterocycles. The molecule has 7 heteroatoms. The molecule has 1 aliphatic heterocycles. The van der Waals surface area contributed by atoms with Crippen LogP contribution >= 0.6 is 0 Å². The highest BCUT2D eigenvalue weighted by molar-refractivity contribution is 5.97. The quantitative estimate of drug-likeness (QED) is 0.866. The van der Waals surface area contributed by atoms with Crippen molar-refractivity contribution in [2.75, 3.05) is 0 Å². The van der Waals surface area contributed by atoms with Crippen LogP contribution in [0.5, 0.6) is 0 Å². The molecular formula is C13H12F3NO3. The zero-order valence-corrected chi connectivity index (χ0v) is 10.3. The minimum Gasteiger partial charge on any atom is -0.460 e. The molecule has 0 aliphatic carbocycles. The summed E-state index contributed by atoms with van der Waals surface area (Å²) in [5.41, 5.74) is 0.333. The molecule has 1 aromatic rings. The Kier molecular flexibility index (Phi) is 3.96. The number of benzene rings is 1. The van der Waals surface area contributed by atoms with Gasteiger partial charge in [0.2, 0.25) is 0 Å². The summed E-state index contributed by atoms with van der Waals surface area (Å²) in [6, 6.07) is 7.07. The topological polar surface area (TPSA) is 55.4 Å². The zero-order chi connectivity index (χ0) is 14.8. The minimum atomic E-state index is -4.40. The van der Waals surface area contributed by atoms with Crippen LogP contribution in [-0.4, -0.2) is 30.2 Å². The van der Waals surface area contributed by atoms with E-state index in [4.69, 9.17) is 0 Å². The average Bonchev–Trinajstić information content (AvgIpc) is 2.68. The van der Waals surface area contributed by atoms with E-state index >= 15 is 0 Å². The number of rotatable bonds is 3. The largest absolute Gasteiger partial charge is 0.460 e. The summed E-state index contributed by atoms with van der Waals surface area (Å²) >= 11 is 0. The van der Waals surface area contributed by atoms with Gasteiger partial charge in [-0.1, -0.05) is 18.2 Å². The van der Waals surface area contributed by atoms with Crippen molar-refractivity contribution < 1.29 is 27.5 Å². The fourth-order valence-corrected chi connectivity index (χ4v) is 1.99. The predicted molar refractivity (Wildman–Crippen MR) is 62.9 cm³/mol. The number of cyclic esters (lactones) is 1. The second-order valence-electron chi connectivity index (χ2n) is 4.51.